The van der Waals surface area contributed by atoms with Crippen molar-refractivity contribution in [2.45, 2.75) is 82.3 Å². The summed E-state index contributed by atoms with van der Waals surface area (Å²) in [6.07, 6.45) is -9.71. The van der Waals surface area contributed by atoms with Gasteiger partial charge in [-0.3, -0.25) is 14.4 Å². The number of hydrogen-bond acceptors (Lipinski definition) is 11. The first-order valence-corrected chi connectivity index (χ1v) is 12.0. The van der Waals surface area contributed by atoms with Crippen LogP contribution in [0.5, 0.6) is 0 Å². The highest BCUT2D eigenvalue weighted by Crippen LogP contribution is 2.35. The predicted molar refractivity (Wildman–Crippen MR) is 124 cm³/mol. The number of rotatable bonds is 9. The maximum Gasteiger partial charge on any atom is 0.339 e. The molecule has 202 valence electrons. The molecule has 0 aromatic heterocycles. The van der Waals surface area contributed by atoms with E-state index in [1.54, 1.807) is 41.5 Å². The van der Waals surface area contributed by atoms with Gasteiger partial charge in [0.05, 0.1) is 24.9 Å². The molecule has 6 atom stereocenters. The molecule has 1 heterocycles. The molecule has 1 rings (SSSR count). The Balaban J connectivity index is 3.63. The number of ether oxygens (including phenoxy) is 6. The molecule has 1 aliphatic heterocycles. The highest BCUT2D eigenvalue weighted by Gasteiger charge is 2.57. The van der Waals surface area contributed by atoms with E-state index < -0.39 is 82.4 Å². The number of hydrogen-bond donors (Lipinski definition) is 1. The maximum atomic E-state index is 12.6. The lowest BCUT2D eigenvalue weighted by Gasteiger charge is -2.44. The number of halogens is 3. The van der Waals surface area contributed by atoms with Crippen molar-refractivity contribution in [2.75, 3.05) is 7.11 Å². The predicted octanol–water partition coefficient (Wildman–Crippen LogP) is 2.26. The molecular weight excluding hydrogens is 533 g/mol. The molecule has 1 unspecified atom stereocenters. The summed E-state index contributed by atoms with van der Waals surface area (Å²) < 4.78 is 30.3. The Hall–Kier alpha value is -1.37. The smallest absolute Gasteiger partial charge is 0.339 e. The maximum absolute atomic E-state index is 12.6. The molecule has 0 amide bonds. The summed E-state index contributed by atoms with van der Waals surface area (Å²) in [6.45, 7) is 9.31. The molecule has 35 heavy (non-hydrogen) atoms. The summed E-state index contributed by atoms with van der Waals surface area (Å²) in [5, 5.41) is 0. The summed E-state index contributed by atoms with van der Waals surface area (Å²) in [7, 11) is 1.07. The summed E-state index contributed by atoms with van der Waals surface area (Å²) in [5.41, 5.74) is 5.79. The number of carbonyl (C=O) groups is 4. The van der Waals surface area contributed by atoms with E-state index in [0.717, 1.165) is 7.11 Å². The first-order valence-electron chi connectivity index (χ1n) is 10.8. The van der Waals surface area contributed by atoms with Gasteiger partial charge >= 0.3 is 23.9 Å². The number of alkyl halides is 3. The van der Waals surface area contributed by atoms with Gasteiger partial charge < -0.3 is 34.2 Å². The lowest BCUT2D eigenvalue weighted by Crippen LogP contribution is -2.65. The second-order valence-electron chi connectivity index (χ2n) is 8.72. The lowest BCUT2D eigenvalue weighted by atomic mass is 9.97. The second-order valence-corrected chi connectivity index (χ2v) is 11.1. The molecule has 0 bridgehead atoms. The van der Waals surface area contributed by atoms with Gasteiger partial charge in [-0.05, 0) is 0 Å². The van der Waals surface area contributed by atoms with Crippen molar-refractivity contribution in [3.8, 4) is 0 Å². The molecule has 11 nitrogen and oxygen atoms in total. The zero-order valence-corrected chi connectivity index (χ0v) is 22.8. The van der Waals surface area contributed by atoms with Gasteiger partial charge in [0.15, 0.2) is 30.6 Å². The highest BCUT2D eigenvalue weighted by molar-refractivity contribution is 6.68. The van der Waals surface area contributed by atoms with Gasteiger partial charge in [0.1, 0.15) is 0 Å². The third kappa shape index (κ3) is 8.91. The fourth-order valence-electron chi connectivity index (χ4n) is 2.65. The van der Waals surface area contributed by atoms with Crippen LogP contribution in [0.25, 0.3) is 0 Å². The van der Waals surface area contributed by atoms with Crippen LogP contribution < -0.4 is 5.73 Å². The Morgan fingerprint density at radius 3 is 1.54 bits per heavy atom. The van der Waals surface area contributed by atoms with Gasteiger partial charge in [0, 0.05) is 0 Å². The Labute approximate surface area is 219 Å². The van der Waals surface area contributed by atoms with Crippen molar-refractivity contribution in [3.63, 3.8) is 0 Å². The number of carbonyl (C=O) groups excluding carboxylic acids is 4. The minimum absolute atomic E-state index is 0.627. The van der Waals surface area contributed by atoms with E-state index in [2.05, 4.69) is 0 Å². The van der Waals surface area contributed by atoms with Gasteiger partial charge in [-0.15, -0.1) is 0 Å². The fourth-order valence-corrected chi connectivity index (χ4v) is 2.80. The average Bonchev–Trinajstić information content (AvgIpc) is 2.75. The second kappa shape index (κ2) is 13.3. The summed E-state index contributed by atoms with van der Waals surface area (Å²) in [5.74, 6) is -5.13. The molecule has 1 aliphatic rings. The van der Waals surface area contributed by atoms with E-state index in [1.165, 1.54) is 0 Å². The molecule has 2 N–H and O–H groups in total. The molecule has 1 fully saturated rings. The largest absolute Gasteiger partial charge is 0.467 e. The van der Waals surface area contributed by atoms with E-state index >= 15 is 0 Å². The van der Waals surface area contributed by atoms with Gasteiger partial charge in [0.25, 0.3) is 0 Å². The van der Waals surface area contributed by atoms with Crippen LogP contribution in [0.3, 0.4) is 0 Å². The molecule has 0 spiro atoms. The van der Waals surface area contributed by atoms with Crippen LogP contribution in [0.4, 0.5) is 0 Å². The summed E-state index contributed by atoms with van der Waals surface area (Å²) in [6, 6.07) is 0. The van der Waals surface area contributed by atoms with Crippen molar-refractivity contribution in [2.24, 2.45) is 23.5 Å². The Kier molecular flexibility index (Phi) is 12.0. The van der Waals surface area contributed by atoms with Crippen LogP contribution in [-0.4, -0.2) is 71.7 Å². The van der Waals surface area contributed by atoms with Crippen molar-refractivity contribution < 1.29 is 47.6 Å². The van der Waals surface area contributed by atoms with Crippen LogP contribution in [0, 0.1) is 17.8 Å². The van der Waals surface area contributed by atoms with Crippen LogP contribution in [0.2, 0.25) is 0 Å². The third-order valence-electron chi connectivity index (χ3n) is 4.70. The van der Waals surface area contributed by atoms with Crippen molar-refractivity contribution >= 4 is 58.7 Å². The fraction of sp³-hybridized carbons (Fsp3) is 0.810. The molecule has 0 aliphatic carbocycles. The molecule has 0 aromatic carbocycles. The van der Waals surface area contributed by atoms with Crippen LogP contribution >= 0.6 is 34.8 Å². The Bertz CT molecular complexity index is 771. The van der Waals surface area contributed by atoms with Crippen LogP contribution in [-0.2, 0) is 47.6 Å². The number of esters is 4. The minimum Gasteiger partial charge on any atom is -0.467 e. The number of methoxy groups -OCH3 is 1. The van der Waals surface area contributed by atoms with Crippen molar-refractivity contribution in [3.05, 3.63) is 0 Å². The van der Waals surface area contributed by atoms with Gasteiger partial charge in [-0.25, -0.2) is 4.79 Å². The Morgan fingerprint density at radius 2 is 1.17 bits per heavy atom. The van der Waals surface area contributed by atoms with Crippen molar-refractivity contribution in [1.82, 2.24) is 0 Å². The zero-order valence-electron chi connectivity index (χ0n) is 20.5. The summed E-state index contributed by atoms with van der Waals surface area (Å²) >= 11 is 17.4. The monoisotopic (exact) mass is 563 g/mol. The molecule has 0 radical (unpaired) electrons. The van der Waals surface area contributed by atoms with Gasteiger partial charge in [-0.2, -0.15) is 0 Å². The van der Waals surface area contributed by atoms with E-state index in [4.69, 9.17) is 69.0 Å². The molecule has 0 saturated carbocycles. The lowest BCUT2D eigenvalue weighted by molar-refractivity contribution is -0.311. The van der Waals surface area contributed by atoms with E-state index in [-0.39, 0.29) is 0 Å². The number of nitrogens with two attached hydrogens (primary N) is 1. The third-order valence-corrected chi connectivity index (χ3v) is 5.35. The summed E-state index contributed by atoms with van der Waals surface area (Å²) in [4.78, 5) is 50.2. The zero-order chi connectivity index (χ0) is 27.2. The van der Waals surface area contributed by atoms with Gasteiger partial charge in [0.2, 0.25) is 10.1 Å². The SMILES string of the molecule is COC(=O)[C@H]1O[C@H](OC(N)C(Cl)(Cl)Cl)[C@H](OC(=O)C(C)C)[C@@H](OC(=O)C(C)C)[C@@H]1OC(=O)C(C)C. The quantitative estimate of drug-likeness (QED) is 0.190. The van der Waals surface area contributed by atoms with Crippen molar-refractivity contribution in [1.29, 1.82) is 0 Å². The molecule has 14 heteroatoms. The minimum atomic E-state index is -2.15. The van der Waals surface area contributed by atoms with Crippen LogP contribution in [0.1, 0.15) is 41.5 Å². The topological polar surface area (TPSA) is 150 Å². The van der Waals surface area contributed by atoms with Crippen LogP contribution in [0.15, 0.2) is 0 Å². The van der Waals surface area contributed by atoms with Gasteiger partial charge in [-0.1, -0.05) is 76.3 Å². The van der Waals surface area contributed by atoms with E-state index in [0.29, 0.717) is 0 Å². The normalized spacial score (nSPS) is 25.8. The molecular formula is C21H32Cl3NO10. The Morgan fingerprint density at radius 1 is 0.771 bits per heavy atom. The molecule has 1 saturated heterocycles. The van der Waals surface area contributed by atoms with E-state index in [9.17, 15) is 19.2 Å². The highest BCUT2D eigenvalue weighted by atomic mass is 35.6. The first-order chi connectivity index (χ1) is 16.0. The van der Waals surface area contributed by atoms with E-state index in [1.807, 2.05) is 0 Å². The first kappa shape index (κ1) is 31.7. The standard InChI is InChI=1S/C21H32Cl3NO10/c1-8(2)15(26)31-11-12(32-16(27)9(3)4)14(33-17(28)10(5)6)19(34-13(11)18(29)30-7)35-20(25)21(22,23)24/h8-14,19-20H,25H2,1-7H3/t11-,12-,13-,14+,19+,20?/m0/s1. The average molecular weight is 565 g/mol. The molecule has 0 aromatic rings.